The lowest BCUT2D eigenvalue weighted by molar-refractivity contribution is -0.134. The van der Waals surface area contributed by atoms with Crippen molar-refractivity contribution in [3.63, 3.8) is 0 Å². The number of benzene rings is 1. The number of aromatic nitrogens is 1. The van der Waals surface area contributed by atoms with Crippen LogP contribution in [0.25, 0.3) is 11.3 Å². The maximum atomic E-state index is 13.8. The van der Waals surface area contributed by atoms with E-state index in [4.69, 9.17) is 13.8 Å². The number of amides is 3. The van der Waals surface area contributed by atoms with Gasteiger partial charge in [-0.25, -0.2) is 9.78 Å². The molecule has 2 heterocycles. The highest BCUT2D eigenvalue weighted by Crippen LogP contribution is 2.48. The third-order valence-electron chi connectivity index (χ3n) is 6.98. The first-order chi connectivity index (χ1) is 19.8. The Hall–Kier alpha value is -3.27. The minimum absolute atomic E-state index is 0.121. The molecule has 1 saturated carbocycles. The number of ether oxygens (including phenoxy) is 1. The molecule has 1 aliphatic carbocycles. The summed E-state index contributed by atoms with van der Waals surface area (Å²) in [6.07, 6.45) is 1.33. The maximum absolute atomic E-state index is 13.8. The van der Waals surface area contributed by atoms with Gasteiger partial charge in [0.25, 0.3) is 5.91 Å². The van der Waals surface area contributed by atoms with E-state index in [9.17, 15) is 18.9 Å². The van der Waals surface area contributed by atoms with Crippen LogP contribution in [-0.2, 0) is 23.1 Å². The Morgan fingerprint density at radius 2 is 1.59 bits per heavy atom. The van der Waals surface area contributed by atoms with Crippen LogP contribution in [0.1, 0.15) is 55.6 Å². The summed E-state index contributed by atoms with van der Waals surface area (Å²) < 4.78 is 29.5. The number of pyridine rings is 1. The van der Waals surface area contributed by atoms with Crippen molar-refractivity contribution < 1.29 is 32.7 Å². The van der Waals surface area contributed by atoms with Crippen molar-refractivity contribution in [1.82, 2.24) is 20.1 Å². The zero-order valence-electron chi connectivity index (χ0n) is 23.9. The molecule has 0 spiro atoms. The van der Waals surface area contributed by atoms with Gasteiger partial charge in [-0.2, -0.15) is 0 Å². The molecule has 1 saturated heterocycles. The molecule has 12 heteroatoms. The number of nitrogens with zero attached hydrogens (tertiary/aromatic N) is 3. The summed E-state index contributed by atoms with van der Waals surface area (Å²) in [6.45, 7) is 6.66. The van der Waals surface area contributed by atoms with Crippen molar-refractivity contribution in [2.24, 2.45) is 0 Å². The van der Waals surface area contributed by atoms with E-state index in [-0.39, 0.29) is 57.9 Å². The largest absolute Gasteiger partial charge is 0.450 e. The molecule has 1 atom stereocenters. The Balaban J connectivity index is 1.58. The molecule has 11 nitrogen and oxygen atoms in total. The Morgan fingerprint density at radius 1 is 0.951 bits per heavy atom. The van der Waals surface area contributed by atoms with Crippen molar-refractivity contribution in [3.8, 4) is 11.3 Å². The number of hydrogen-bond acceptors (Lipinski definition) is 8. The van der Waals surface area contributed by atoms with E-state index in [1.807, 2.05) is 36.4 Å². The first kappa shape index (κ1) is 30.7. The third kappa shape index (κ3) is 8.15. The highest BCUT2D eigenvalue weighted by atomic mass is 31.2. The summed E-state index contributed by atoms with van der Waals surface area (Å²) in [5.74, 6) is -0.605. The maximum Gasteiger partial charge on any atom is 0.409 e. The van der Waals surface area contributed by atoms with E-state index >= 15 is 0 Å². The van der Waals surface area contributed by atoms with Crippen molar-refractivity contribution in [3.05, 3.63) is 53.7 Å². The predicted octanol–water partition coefficient (Wildman–Crippen LogP) is 4.29. The van der Waals surface area contributed by atoms with Gasteiger partial charge in [-0.1, -0.05) is 30.3 Å². The Kier molecular flexibility index (Phi) is 10.5. The van der Waals surface area contributed by atoms with Crippen LogP contribution in [0.3, 0.4) is 0 Å². The van der Waals surface area contributed by atoms with Crippen molar-refractivity contribution in [2.45, 2.75) is 45.6 Å². The van der Waals surface area contributed by atoms with Gasteiger partial charge in [0.15, 0.2) is 0 Å². The highest BCUT2D eigenvalue weighted by Gasteiger charge is 2.37. The topological polar surface area (TPSA) is 127 Å². The molecular weight excluding hydrogens is 547 g/mol. The van der Waals surface area contributed by atoms with E-state index in [0.29, 0.717) is 11.6 Å². The zero-order chi connectivity index (χ0) is 29.4. The average Bonchev–Trinajstić information content (AvgIpc) is 3.83. The quantitative estimate of drug-likeness (QED) is 0.365. The van der Waals surface area contributed by atoms with Gasteiger partial charge in [-0.3, -0.25) is 14.2 Å². The molecule has 2 fully saturated rings. The van der Waals surface area contributed by atoms with E-state index in [1.54, 1.807) is 31.7 Å². The molecule has 1 aromatic heterocycles. The summed E-state index contributed by atoms with van der Waals surface area (Å²) >= 11 is 0. The molecule has 1 N–H and O–H groups in total. The monoisotopic (exact) mass is 586 g/mol. The normalized spacial score (nSPS) is 16.3. The molecule has 0 unspecified atom stereocenters. The minimum atomic E-state index is -3.70. The number of rotatable bonds is 12. The van der Waals surface area contributed by atoms with E-state index in [1.165, 1.54) is 4.90 Å². The molecule has 2 aromatic rings. The molecular formula is C29H39N4O7P. The van der Waals surface area contributed by atoms with Gasteiger partial charge in [-0.15, -0.1) is 0 Å². The molecule has 3 amide bonds. The lowest BCUT2D eigenvalue weighted by Crippen LogP contribution is -2.57. The number of carbonyl (C=O) groups is 3. The summed E-state index contributed by atoms with van der Waals surface area (Å²) in [5.41, 5.74) is 2.76. The fourth-order valence-electron chi connectivity index (χ4n) is 4.80. The van der Waals surface area contributed by atoms with Gasteiger partial charge in [0.05, 0.1) is 31.7 Å². The fraction of sp³-hybridized carbons (Fsp3) is 0.517. The van der Waals surface area contributed by atoms with E-state index in [2.05, 4.69) is 10.3 Å². The number of hydrogen-bond donors (Lipinski definition) is 1. The lowest BCUT2D eigenvalue weighted by atomic mass is 10.0. The summed E-state index contributed by atoms with van der Waals surface area (Å²) in [5, 5.41) is 2.79. The standard InChI is InChI=1S/C29H39N4O7P/c1-4-38-29(36)33-16-14-32(15-17-33)28(35)26(20-41(37,39-5-2)40-6-3)31-27(34)25-19-23(21-12-13-21)18-24(30-25)22-10-8-7-9-11-22/h7-11,18-19,21,26H,4-6,12-17,20H2,1-3H3,(H,31,34)/t26-/m0/s1. The fourth-order valence-corrected chi connectivity index (χ4v) is 6.57. The lowest BCUT2D eigenvalue weighted by Gasteiger charge is -2.36. The SMILES string of the molecule is CCOC(=O)N1CCN(C(=O)[C@H](CP(=O)(OCC)OCC)NC(=O)c2cc(C3CC3)cc(-c3ccccc3)n2)CC1. The predicted molar refractivity (Wildman–Crippen MR) is 154 cm³/mol. The zero-order valence-corrected chi connectivity index (χ0v) is 24.8. The smallest absolute Gasteiger partial charge is 0.409 e. The van der Waals surface area contributed by atoms with Gasteiger partial charge < -0.3 is 28.9 Å². The molecule has 2 aliphatic rings. The Bertz CT molecular complexity index is 1250. The van der Waals surface area contributed by atoms with Crippen LogP contribution in [0.2, 0.25) is 0 Å². The van der Waals surface area contributed by atoms with Gasteiger partial charge >= 0.3 is 13.7 Å². The van der Waals surface area contributed by atoms with Crippen molar-refractivity contribution in [1.29, 1.82) is 0 Å². The highest BCUT2D eigenvalue weighted by molar-refractivity contribution is 7.54. The van der Waals surface area contributed by atoms with Crippen LogP contribution in [0, 0.1) is 0 Å². The molecule has 0 bridgehead atoms. The van der Waals surface area contributed by atoms with Crippen LogP contribution >= 0.6 is 7.60 Å². The molecule has 0 radical (unpaired) electrons. The first-order valence-electron chi connectivity index (χ1n) is 14.2. The van der Waals surface area contributed by atoms with Crippen LogP contribution < -0.4 is 5.32 Å². The molecule has 222 valence electrons. The minimum Gasteiger partial charge on any atom is -0.450 e. The summed E-state index contributed by atoms with van der Waals surface area (Å²) in [4.78, 5) is 47.2. The second kappa shape index (κ2) is 14.1. The van der Waals surface area contributed by atoms with Gasteiger partial charge in [0, 0.05) is 31.7 Å². The van der Waals surface area contributed by atoms with Crippen LogP contribution in [0.5, 0.6) is 0 Å². The van der Waals surface area contributed by atoms with Crippen LogP contribution in [-0.4, -0.2) is 90.9 Å². The first-order valence-corrected chi connectivity index (χ1v) is 16.0. The number of nitrogens with one attached hydrogen (secondary N) is 1. The Labute approximate surface area is 241 Å². The number of carbonyl (C=O) groups excluding carboxylic acids is 3. The molecule has 1 aliphatic heterocycles. The summed E-state index contributed by atoms with van der Waals surface area (Å²) in [6, 6.07) is 12.2. The van der Waals surface area contributed by atoms with Crippen molar-refractivity contribution >= 4 is 25.5 Å². The molecule has 41 heavy (non-hydrogen) atoms. The Morgan fingerprint density at radius 3 is 2.17 bits per heavy atom. The molecule has 4 rings (SSSR count). The average molecular weight is 587 g/mol. The van der Waals surface area contributed by atoms with Crippen LogP contribution in [0.15, 0.2) is 42.5 Å². The third-order valence-corrected chi connectivity index (χ3v) is 9.09. The second-order valence-corrected chi connectivity index (χ2v) is 12.1. The van der Waals surface area contributed by atoms with Gasteiger partial charge in [0.1, 0.15) is 11.7 Å². The number of piperazine rings is 1. The second-order valence-electron chi connectivity index (χ2n) is 9.98. The van der Waals surface area contributed by atoms with Gasteiger partial charge in [0.2, 0.25) is 5.91 Å². The van der Waals surface area contributed by atoms with Gasteiger partial charge in [-0.05, 0) is 57.2 Å². The molecule has 1 aromatic carbocycles. The van der Waals surface area contributed by atoms with Crippen LogP contribution in [0.4, 0.5) is 4.79 Å². The van der Waals surface area contributed by atoms with Crippen molar-refractivity contribution in [2.75, 3.05) is 52.2 Å². The van der Waals surface area contributed by atoms with E-state index < -0.39 is 31.5 Å². The van der Waals surface area contributed by atoms with E-state index in [0.717, 1.165) is 24.0 Å². The summed E-state index contributed by atoms with van der Waals surface area (Å²) in [7, 11) is -3.70.